The summed E-state index contributed by atoms with van der Waals surface area (Å²) in [6.45, 7) is 12.4. The lowest BCUT2D eigenvalue weighted by Gasteiger charge is -2.39. The van der Waals surface area contributed by atoms with Crippen LogP contribution in [0.15, 0.2) is 30.3 Å². The van der Waals surface area contributed by atoms with Crippen LogP contribution in [0.4, 0.5) is 0 Å². The average molecular weight is 522 g/mol. The number of quaternary nitrogens is 1. The predicted octanol–water partition coefficient (Wildman–Crippen LogP) is 8.26. The maximum Gasteiger partial charge on any atom is 0.104 e. The molecule has 1 aromatic carbocycles. The molecule has 0 amide bonds. The van der Waals surface area contributed by atoms with E-state index < -0.39 is 0 Å². The van der Waals surface area contributed by atoms with Gasteiger partial charge in [0.15, 0.2) is 0 Å². The minimum Gasteiger partial charge on any atom is -1.00 e. The van der Waals surface area contributed by atoms with E-state index in [4.69, 9.17) is 0 Å². The zero-order valence-electron chi connectivity index (χ0n) is 24.9. The van der Waals surface area contributed by atoms with E-state index in [0.29, 0.717) is 0 Å². The fourth-order valence-corrected chi connectivity index (χ4v) is 5.76. The van der Waals surface area contributed by atoms with E-state index in [1.54, 1.807) is 5.56 Å². The van der Waals surface area contributed by atoms with E-state index in [1.807, 2.05) is 0 Å². The van der Waals surface area contributed by atoms with E-state index in [9.17, 15) is 0 Å². The van der Waals surface area contributed by atoms with Crippen LogP contribution in [-0.4, -0.2) is 24.1 Å². The van der Waals surface area contributed by atoms with Crippen molar-refractivity contribution in [3.63, 3.8) is 0 Å². The molecule has 0 fully saturated rings. The highest BCUT2D eigenvalue weighted by Gasteiger charge is 2.26. The Morgan fingerprint density at radius 1 is 0.417 bits per heavy atom. The summed E-state index contributed by atoms with van der Waals surface area (Å²) < 4.78 is 1.35. The highest BCUT2D eigenvalue weighted by molar-refractivity contribution is 5.13. The zero-order valence-corrected chi connectivity index (χ0v) is 25.6. The minimum absolute atomic E-state index is 0. The fraction of sp³-hybridized carbons (Fsp3) is 0.824. The van der Waals surface area contributed by atoms with Crippen molar-refractivity contribution in [1.29, 1.82) is 0 Å². The van der Waals surface area contributed by atoms with Crippen LogP contribution in [0.3, 0.4) is 0 Å². The smallest absolute Gasteiger partial charge is 0.104 e. The van der Waals surface area contributed by atoms with Crippen molar-refractivity contribution in [2.75, 3.05) is 19.6 Å². The first-order chi connectivity index (χ1) is 17.3. The van der Waals surface area contributed by atoms with Crippen molar-refractivity contribution >= 4 is 0 Å². The zero-order chi connectivity index (χ0) is 25.3. The van der Waals surface area contributed by atoms with Gasteiger partial charge in [0.1, 0.15) is 6.54 Å². The molecule has 0 atom stereocenters. The lowest BCUT2D eigenvalue weighted by atomic mass is 10.0. The van der Waals surface area contributed by atoms with E-state index in [2.05, 4.69) is 51.1 Å². The van der Waals surface area contributed by atoms with Gasteiger partial charge in [0.05, 0.1) is 19.6 Å². The van der Waals surface area contributed by atoms with Gasteiger partial charge in [0.2, 0.25) is 0 Å². The Morgan fingerprint density at radius 3 is 1.06 bits per heavy atom. The van der Waals surface area contributed by atoms with Gasteiger partial charge in [-0.25, -0.2) is 0 Å². The van der Waals surface area contributed by atoms with Crippen molar-refractivity contribution in [3.05, 3.63) is 35.9 Å². The molecule has 0 saturated carbocycles. The maximum atomic E-state index is 2.38. The molecule has 0 spiro atoms. The van der Waals surface area contributed by atoms with Gasteiger partial charge in [-0.15, -0.1) is 0 Å². The highest BCUT2D eigenvalue weighted by atomic mass is 35.5. The molecule has 0 N–H and O–H groups in total. The quantitative estimate of drug-likeness (QED) is 0.0849. The number of halogens is 1. The van der Waals surface area contributed by atoms with Gasteiger partial charge in [0.25, 0.3) is 0 Å². The molecule has 0 bridgehead atoms. The van der Waals surface area contributed by atoms with Crippen molar-refractivity contribution in [3.8, 4) is 0 Å². The van der Waals surface area contributed by atoms with Crippen molar-refractivity contribution in [1.82, 2.24) is 0 Å². The molecular formula is C34H64ClN. The van der Waals surface area contributed by atoms with Gasteiger partial charge in [-0.1, -0.05) is 147 Å². The SMILES string of the molecule is CCCCCCCCC[N+](CCCCCCCCC)(CCCCCCCCC)Cc1ccccc1.[Cl-]. The summed E-state index contributed by atoms with van der Waals surface area (Å²) in [5.41, 5.74) is 1.56. The van der Waals surface area contributed by atoms with E-state index in [-0.39, 0.29) is 12.4 Å². The van der Waals surface area contributed by atoms with Crippen LogP contribution >= 0.6 is 0 Å². The number of hydrogen-bond donors (Lipinski definition) is 0. The molecular weight excluding hydrogens is 458 g/mol. The maximum absolute atomic E-state index is 2.38. The molecule has 0 unspecified atom stereocenters. The lowest BCUT2D eigenvalue weighted by molar-refractivity contribution is -0.941. The van der Waals surface area contributed by atoms with Crippen molar-refractivity contribution in [2.24, 2.45) is 0 Å². The standard InChI is InChI=1S/C34H64N.ClH/c1-4-7-10-13-16-19-25-30-35(33-34-28-23-22-24-29-34,31-26-20-17-14-11-8-5-2)32-27-21-18-15-12-9-6-3;/h22-24,28-29H,4-21,25-27,30-33H2,1-3H3;1H/q+1;/p-1. The molecule has 1 rings (SSSR count). The van der Waals surface area contributed by atoms with Gasteiger partial charge in [-0.3, -0.25) is 0 Å². The Morgan fingerprint density at radius 2 is 0.722 bits per heavy atom. The fourth-order valence-electron chi connectivity index (χ4n) is 5.76. The van der Waals surface area contributed by atoms with Crippen molar-refractivity contribution in [2.45, 2.75) is 162 Å². The number of nitrogens with zero attached hydrogens (tertiary/aromatic N) is 1. The summed E-state index contributed by atoms with van der Waals surface area (Å²) in [5.74, 6) is 0. The number of hydrogen-bond acceptors (Lipinski definition) is 0. The molecule has 2 heteroatoms. The second kappa shape index (κ2) is 26.1. The molecule has 0 aliphatic carbocycles. The van der Waals surface area contributed by atoms with Gasteiger partial charge in [-0.2, -0.15) is 0 Å². The van der Waals surface area contributed by atoms with E-state index in [1.165, 1.54) is 165 Å². The molecule has 0 aliphatic heterocycles. The molecule has 1 nitrogen and oxygen atoms in total. The molecule has 0 heterocycles. The Labute approximate surface area is 234 Å². The lowest BCUT2D eigenvalue weighted by Crippen LogP contribution is -3.00. The van der Waals surface area contributed by atoms with Crippen LogP contribution in [0.1, 0.15) is 161 Å². The summed E-state index contributed by atoms with van der Waals surface area (Å²) >= 11 is 0. The van der Waals surface area contributed by atoms with E-state index in [0.717, 1.165) is 0 Å². The van der Waals surface area contributed by atoms with Crippen LogP contribution < -0.4 is 12.4 Å². The molecule has 0 radical (unpaired) electrons. The Bertz CT molecular complexity index is 498. The van der Waals surface area contributed by atoms with Gasteiger partial charge in [0, 0.05) is 5.56 Å². The molecule has 0 aromatic heterocycles. The summed E-state index contributed by atoms with van der Waals surface area (Å²) in [6.07, 6.45) is 29.9. The average Bonchev–Trinajstić information content (AvgIpc) is 2.88. The summed E-state index contributed by atoms with van der Waals surface area (Å²) in [4.78, 5) is 0. The largest absolute Gasteiger partial charge is 1.00 e. The minimum atomic E-state index is 0. The summed E-state index contributed by atoms with van der Waals surface area (Å²) in [6, 6.07) is 11.4. The van der Waals surface area contributed by atoms with Crippen LogP contribution in [-0.2, 0) is 6.54 Å². The normalized spacial score (nSPS) is 11.5. The molecule has 1 aromatic rings. The van der Waals surface area contributed by atoms with Crippen LogP contribution in [0.5, 0.6) is 0 Å². The third-order valence-corrected chi connectivity index (χ3v) is 8.07. The monoisotopic (exact) mass is 521 g/mol. The van der Waals surface area contributed by atoms with Gasteiger partial charge >= 0.3 is 0 Å². The summed E-state index contributed by atoms with van der Waals surface area (Å²) in [7, 11) is 0. The Balaban J connectivity index is 0.0000122. The Kier molecular flexibility index (Phi) is 25.7. The van der Waals surface area contributed by atoms with Crippen LogP contribution in [0.2, 0.25) is 0 Å². The van der Waals surface area contributed by atoms with Gasteiger partial charge in [-0.05, 0) is 38.5 Å². The van der Waals surface area contributed by atoms with Crippen LogP contribution in [0, 0.1) is 0 Å². The number of unbranched alkanes of at least 4 members (excludes halogenated alkanes) is 18. The first kappa shape index (κ1) is 35.5. The summed E-state index contributed by atoms with van der Waals surface area (Å²) in [5, 5.41) is 0. The molecule has 0 aliphatic rings. The second-order valence-corrected chi connectivity index (χ2v) is 11.5. The number of rotatable bonds is 26. The molecule has 36 heavy (non-hydrogen) atoms. The first-order valence-electron chi connectivity index (χ1n) is 16.2. The van der Waals surface area contributed by atoms with Crippen LogP contribution in [0.25, 0.3) is 0 Å². The highest BCUT2D eigenvalue weighted by Crippen LogP contribution is 2.22. The van der Waals surface area contributed by atoms with Crippen molar-refractivity contribution < 1.29 is 16.9 Å². The number of benzene rings is 1. The van der Waals surface area contributed by atoms with Gasteiger partial charge < -0.3 is 16.9 Å². The molecule has 0 saturated heterocycles. The second-order valence-electron chi connectivity index (χ2n) is 11.5. The third-order valence-electron chi connectivity index (χ3n) is 8.07. The Hall–Kier alpha value is -0.530. The van der Waals surface area contributed by atoms with E-state index >= 15 is 0 Å². The first-order valence-corrected chi connectivity index (χ1v) is 16.2. The predicted molar refractivity (Wildman–Crippen MR) is 159 cm³/mol. The third kappa shape index (κ3) is 19.6. The molecule has 212 valence electrons. The topological polar surface area (TPSA) is 0 Å².